The van der Waals surface area contributed by atoms with Crippen LogP contribution in [0.25, 0.3) is 0 Å². The molecule has 116 valence electrons. The molecule has 1 aliphatic rings. The van der Waals surface area contributed by atoms with Crippen LogP contribution in [0, 0.1) is 12.8 Å². The zero-order chi connectivity index (χ0) is 15.4. The molecule has 3 rings (SSSR count). The molecule has 1 atom stereocenters. The number of benzene rings is 1. The molecule has 1 N–H and O–H groups in total. The highest BCUT2D eigenvalue weighted by atomic mass is 32.1. The van der Waals surface area contributed by atoms with E-state index in [-0.39, 0.29) is 11.8 Å². The zero-order valence-corrected chi connectivity index (χ0v) is 13.5. The summed E-state index contributed by atoms with van der Waals surface area (Å²) in [7, 11) is 0. The normalized spacial score (nSPS) is 16.7. The first kappa shape index (κ1) is 15.0. The molecule has 1 aromatic carbocycles. The van der Waals surface area contributed by atoms with Gasteiger partial charge in [0.15, 0.2) is 0 Å². The van der Waals surface area contributed by atoms with E-state index in [0.717, 1.165) is 36.3 Å². The molecule has 0 bridgehead atoms. The molecule has 0 saturated heterocycles. The summed E-state index contributed by atoms with van der Waals surface area (Å²) in [5.74, 6) is 0.919. The highest BCUT2D eigenvalue weighted by Gasteiger charge is 2.25. The fourth-order valence-electron chi connectivity index (χ4n) is 2.67. The average Bonchev–Trinajstić information content (AvgIpc) is 2.96. The van der Waals surface area contributed by atoms with Gasteiger partial charge in [-0.3, -0.25) is 4.79 Å². The Balaban J connectivity index is 1.44. The summed E-state index contributed by atoms with van der Waals surface area (Å²) in [6.45, 7) is 3.20. The highest BCUT2D eigenvalue weighted by molar-refractivity contribution is 7.09. The number of nitrogens with zero attached hydrogens (tertiary/aromatic N) is 1. The fourth-order valence-corrected chi connectivity index (χ4v) is 3.49. The van der Waals surface area contributed by atoms with Gasteiger partial charge in [0.1, 0.15) is 12.4 Å². The second-order valence-electron chi connectivity index (χ2n) is 5.58. The van der Waals surface area contributed by atoms with Crippen molar-refractivity contribution in [3.05, 3.63) is 45.9 Å². The Morgan fingerprint density at radius 3 is 3.14 bits per heavy atom. The van der Waals surface area contributed by atoms with Gasteiger partial charge in [-0.1, -0.05) is 18.2 Å². The first-order chi connectivity index (χ1) is 10.7. The van der Waals surface area contributed by atoms with Crippen LogP contribution in [0.15, 0.2) is 29.8 Å². The third kappa shape index (κ3) is 3.47. The molecule has 4 nitrogen and oxygen atoms in total. The van der Waals surface area contributed by atoms with Crippen molar-refractivity contribution >= 4 is 17.2 Å². The number of fused-ring (bicyclic) bond motifs is 1. The summed E-state index contributed by atoms with van der Waals surface area (Å²) in [4.78, 5) is 17.8. The number of aryl methyl sites for hydroxylation is 2. The third-order valence-electron chi connectivity index (χ3n) is 3.97. The molecular weight excluding hydrogens is 296 g/mol. The minimum atomic E-state index is -0.0833. The molecular formula is C17H20N2O2S. The summed E-state index contributed by atoms with van der Waals surface area (Å²) in [5.41, 5.74) is 4.10. The van der Waals surface area contributed by atoms with E-state index in [1.807, 2.05) is 36.7 Å². The number of hydrogen-bond acceptors (Lipinski definition) is 4. The first-order valence-electron chi connectivity index (χ1n) is 7.61. The molecule has 0 radical (unpaired) electrons. The van der Waals surface area contributed by atoms with Crippen molar-refractivity contribution in [2.24, 2.45) is 5.92 Å². The van der Waals surface area contributed by atoms with E-state index in [2.05, 4.69) is 10.3 Å². The maximum Gasteiger partial charge on any atom is 0.226 e. The van der Waals surface area contributed by atoms with Crippen molar-refractivity contribution in [2.45, 2.75) is 26.2 Å². The SMILES string of the molecule is Cc1ncsc1CCCNC(=O)C1COc2ccccc2C1. The summed E-state index contributed by atoms with van der Waals surface area (Å²) in [6, 6.07) is 7.93. The Bertz CT molecular complexity index is 654. The van der Waals surface area contributed by atoms with Gasteiger partial charge in [0, 0.05) is 11.4 Å². The lowest BCUT2D eigenvalue weighted by atomic mass is 9.96. The second-order valence-corrected chi connectivity index (χ2v) is 6.51. The molecule has 0 spiro atoms. The number of amides is 1. The zero-order valence-electron chi connectivity index (χ0n) is 12.7. The standard InChI is InChI=1S/C17H20N2O2S/c1-12-16(22-11-19-12)7-4-8-18-17(20)14-9-13-5-2-3-6-15(13)21-10-14/h2-3,5-6,11,14H,4,7-10H2,1H3,(H,18,20). The van der Waals surface area contributed by atoms with Crippen LogP contribution in [0.3, 0.4) is 0 Å². The predicted octanol–water partition coefficient (Wildman–Crippen LogP) is 2.75. The van der Waals surface area contributed by atoms with Crippen molar-refractivity contribution < 1.29 is 9.53 Å². The van der Waals surface area contributed by atoms with Crippen molar-refractivity contribution in [3.63, 3.8) is 0 Å². The van der Waals surface area contributed by atoms with Crippen LogP contribution in [0.2, 0.25) is 0 Å². The maximum absolute atomic E-state index is 12.2. The van der Waals surface area contributed by atoms with Crippen molar-refractivity contribution in [3.8, 4) is 5.75 Å². The number of para-hydroxylation sites is 1. The average molecular weight is 316 g/mol. The summed E-state index contributed by atoms with van der Waals surface area (Å²) >= 11 is 1.68. The van der Waals surface area contributed by atoms with Gasteiger partial charge in [-0.25, -0.2) is 4.98 Å². The van der Waals surface area contributed by atoms with E-state index < -0.39 is 0 Å². The van der Waals surface area contributed by atoms with Gasteiger partial charge in [-0.15, -0.1) is 11.3 Å². The van der Waals surface area contributed by atoms with Gasteiger partial charge in [0.25, 0.3) is 0 Å². The number of rotatable bonds is 5. The van der Waals surface area contributed by atoms with Crippen LogP contribution in [0.1, 0.15) is 22.6 Å². The summed E-state index contributed by atoms with van der Waals surface area (Å²) in [6.07, 6.45) is 2.68. The van der Waals surface area contributed by atoms with E-state index in [1.54, 1.807) is 11.3 Å². The molecule has 1 aromatic heterocycles. The molecule has 22 heavy (non-hydrogen) atoms. The van der Waals surface area contributed by atoms with E-state index in [4.69, 9.17) is 4.74 Å². The number of carbonyl (C=O) groups excluding carboxylic acids is 1. The molecule has 2 heterocycles. The maximum atomic E-state index is 12.2. The number of thiazole rings is 1. The van der Waals surface area contributed by atoms with E-state index >= 15 is 0 Å². The van der Waals surface area contributed by atoms with E-state index in [9.17, 15) is 4.79 Å². The Labute approximate surface area is 134 Å². The van der Waals surface area contributed by atoms with Gasteiger partial charge in [0.2, 0.25) is 5.91 Å². The van der Waals surface area contributed by atoms with E-state index in [1.165, 1.54) is 4.88 Å². The van der Waals surface area contributed by atoms with Gasteiger partial charge in [-0.05, 0) is 37.8 Å². The number of aromatic nitrogens is 1. The second kappa shape index (κ2) is 6.92. The van der Waals surface area contributed by atoms with Crippen LogP contribution >= 0.6 is 11.3 Å². The van der Waals surface area contributed by atoms with Gasteiger partial charge >= 0.3 is 0 Å². The predicted molar refractivity (Wildman–Crippen MR) is 87.3 cm³/mol. The molecule has 2 aromatic rings. The minimum absolute atomic E-state index is 0.0833. The lowest BCUT2D eigenvalue weighted by molar-refractivity contribution is -0.126. The molecule has 1 unspecified atom stereocenters. The molecule has 1 amide bonds. The monoisotopic (exact) mass is 316 g/mol. The fraction of sp³-hybridized carbons (Fsp3) is 0.412. The van der Waals surface area contributed by atoms with Crippen molar-refractivity contribution in [2.75, 3.05) is 13.2 Å². The van der Waals surface area contributed by atoms with Crippen LogP contribution in [-0.4, -0.2) is 24.0 Å². The van der Waals surface area contributed by atoms with Crippen LogP contribution in [0.5, 0.6) is 5.75 Å². The van der Waals surface area contributed by atoms with Crippen molar-refractivity contribution in [1.82, 2.24) is 10.3 Å². The molecule has 0 aliphatic carbocycles. The highest BCUT2D eigenvalue weighted by Crippen LogP contribution is 2.26. The third-order valence-corrected chi connectivity index (χ3v) is 4.97. The number of hydrogen-bond donors (Lipinski definition) is 1. The number of ether oxygens (including phenoxy) is 1. The topological polar surface area (TPSA) is 51.2 Å². The molecule has 0 saturated carbocycles. The number of carbonyl (C=O) groups is 1. The van der Waals surface area contributed by atoms with Crippen LogP contribution < -0.4 is 10.1 Å². The van der Waals surface area contributed by atoms with Crippen LogP contribution in [-0.2, 0) is 17.6 Å². The molecule has 5 heteroatoms. The largest absolute Gasteiger partial charge is 0.492 e. The lowest BCUT2D eigenvalue weighted by Crippen LogP contribution is -2.37. The molecule has 0 fully saturated rings. The number of nitrogens with one attached hydrogen (secondary N) is 1. The Morgan fingerprint density at radius 2 is 2.32 bits per heavy atom. The van der Waals surface area contributed by atoms with Gasteiger partial charge in [0.05, 0.1) is 17.1 Å². The smallest absolute Gasteiger partial charge is 0.226 e. The Kier molecular flexibility index (Phi) is 4.73. The quantitative estimate of drug-likeness (QED) is 0.863. The van der Waals surface area contributed by atoms with Crippen LogP contribution in [0.4, 0.5) is 0 Å². The minimum Gasteiger partial charge on any atom is -0.492 e. The van der Waals surface area contributed by atoms with Crippen molar-refractivity contribution in [1.29, 1.82) is 0 Å². The van der Waals surface area contributed by atoms with E-state index in [0.29, 0.717) is 13.2 Å². The lowest BCUT2D eigenvalue weighted by Gasteiger charge is -2.24. The van der Waals surface area contributed by atoms with Gasteiger partial charge in [-0.2, -0.15) is 0 Å². The molecule has 1 aliphatic heterocycles. The van der Waals surface area contributed by atoms with Gasteiger partial charge < -0.3 is 10.1 Å². The Morgan fingerprint density at radius 1 is 1.45 bits per heavy atom. The summed E-state index contributed by atoms with van der Waals surface area (Å²) < 4.78 is 5.67. The first-order valence-corrected chi connectivity index (χ1v) is 8.49. The Hall–Kier alpha value is -1.88. The summed E-state index contributed by atoms with van der Waals surface area (Å²) in [5, 5.41) is 3.03.